The zero-order valence-electron chi connectivity index (χ0n) is 13.9. The summed E-state index contributed by atoms with van der Waals surface area (Å²) in [7, 11) is 2.32. The Hall–Kier alpha value is -0.120. The lowest BCUT2D eigenvalue weighted by Crippen LogP contribution is -2.61. The number of rotatable bonds is 6. The Morgan fingerprint density at radius 3 is 2.40 bits per heavy atom. The molecule has 2 atom stereocenters. The molecule has 0 bridgehead atoms. The standard InChI is InChI=1S/C17H35N3/c1-4-9-17(14-18,10-5-2)20-12-8-16-15(13-20)7-6-11-19(16)3/h15-16H,4-14,18H2,1-3H3. The molecule has 0 aromatic rings. The largest absolute Gasteiger partial charge is 0.329 e. The number of nitrogens with two attached hydrogens (primary N) is 1. The molecule has 2 fully saturated rings. The van der Waals surface area contributed by atoms with Gasteiger partial charge in [-0.1, -0.05) is 26.7 Å². The molecule has 2 aliphatic rings. The van der Waals surface area contributed by atoms with Gasteiger partial charge in [0.15, 0.2) is 0 Å². The molecule has 0 aliphatic carbocycles. The maximum atomic E-state index is 6.25. The van der Waals surface area contributed by atoms with E-state index in [1.54, 1.807) is 0 Å². The Kier molecular flexibility index (Phi) is 5.88. The average molecular weight is 281 g/mol. The fourth-order valence-electron chi connectivity index (χ4n) is 4.79. The van der Waals surface area contributed by atoms with Crippen molar-refractivity contribution in [3.63, 3.8) is 0 Å². The summed E-state index contributed by atoms with van der Waals surface area (Å²) in [5.74, 6) is 0.877. The number of fused-ring (bicyclic) bond motifs is 1. The van der Waals surface area contributed by atoms with E-state index >= 15 is 0 Å². The van der Waals surface area contributed by atoms with Crippen LogP contribution in [-0.4, -0.2) is 54.6 Å². The summed E-state index contributed by atoms with van der Waals surface area (Å²) in [6.45, 7) is 9.28. The monoisotopic (exact) mass is 281 g/mol. The summed E-state index contributed by atoms with van der Waals surface area (Å²) in [5, 5.41) is 0. The first-order valence-electron chi connectivity index (χ1n) is 8.82. The second-order valence-corrected chi connectivity index (χ2v) is 7.11. The van der Waals surface area contributed by atoms with Crippen molar-refractivity contribution >= 4 is 0 Å². The molecule has 0 amide bonds. The lowest BCUT2D eigenvalue weighted by Gasteiger charge is -2.52. The van der Waals surface area contributed by atoms with E-state index in [0.717, 1.165) is 18.5 Å². The Bertz CT molecular complexity index is 286. The highest BCUT2D eigenvalue weighted by atomic mass is 15.3. The van der Waals surface area contributed by atoms with Crippen molar-refractivity contribution in [2.75, 3.05) is 33.2 Å². The molecule has 2 rings (SSSR count). The zero-order valence-corrected chi connectivity index (χ0v) is 13.9. The fourth-order valence-corrected chi connectivity index (χ4v) is 4.79. The Labute approximate surface area is 125 Å². The molecule has 0 aromatic carbocycles. The summed E-state index contributed by atoms with van der Waals surface area (Å²) >= 11 is 0. The van der Waals surface area contributed by atoms with E-state index in [-0.39, 0.29) is 5.54 Å². The maximum absolute atomic E-state index is 6.25. The van der Waals surface area contributed by atoms with Gasteiger partial charge in [-0.05, 0) is 51.6 Å². The Balaban J connectivity index is 2.07. The van der Waals surface area contributed by atoms with Crippen molar-refractivity contribution in [3.05, 3.63) is 0 Å². The van der Waals surface area contributed by atoms with Crippen LogP contribution in [0.4, 0.5) is 0 Å². The smallest absolute Gasteiger partial charge is 0.0331 e. The molecule has 0 aromatic heterocycles. The number of hydrogen-bond donors (Lipinski definition) is 1. The highest BCUT2D eigenvalue weighted by molar-refractivity contribution is 4.98. The van der Waals surface area contributed by atoms with E-state index in [2.05, 4.69) is 30.7 Å². The van der Waals surface area contributed by atoms with Gasteiger partial charge in [0.25, 0.3) is 0 Å². The summed E-state index contributed by atoms with van der Waals surface area (Å²) in [6, 6.07) is 0.832. The van der Waals surface area contributed by atoms with Crippen LogP contribution < -0.4 is 5.73 Å². The van der Waals surface area contributed by atoms with Crippen LogP contribution >= 0.6 is 0 Å². The van der Waals surface area contributed by atoms with Gasteiger partial charge in [0.2, 0.25) is 0 Å². The summed E-state index contributed by atoms with van der Waals surface area (Å²) < 4.78 is 0. The molecule has 2 unspecified atom stereocenters. The Morgan fingerprint density at radius 1 is 1.10 bits per heavy atom. The predicted octanol–water partition coefficient (Wildman–Crippen LogP) is 2.70. The predicted molar refractivity (Wildman–Crippen MR) is 86.9 cm³/mol. The third-order valence-electron chi connectivity index (χ3n) is 5.83. The van der Waals surface area contributed by atoms with Crippen LogP contribution in [0.2, 0.25) is 0 Å². The molecular formula is C17H35N3. The minimum absolute atomic E-state index is 0.282. The highest BCUT2D eigenvalue weighted by Crippen LogP contribution is 2.35. The van der Waals surface area contributed by atoms with Crippen molar-refractivity contribution in [3.8, 4) is 0 Å². The molecule has 0 radical (unpaired) electrons. The number of nitrogens with zero attached hydrogens (tertiary/aromatic N) is 2. The van der Waals surface area contributed by atoms with Crippen LogP contribution in [0.1, 0.15) is 58.8 Å². The number of likely N-dealkylation sites (tertiary alicyclic amines) is 2. The van der Waals surface area contributed by atoms with Crippen LogP contribution in [0.15, 0.2) is 0 Å². The van der Waals surface area contributed by atoms with Gasteiger partial charge in [-0.15, -0.1) is 0 Å². The molecule has 2 saturated heterocycles. The van der Waals surface area contributed by atoms with E-state index in [1.165, 1.54) is 64.6 Å². The summed E-state index contributed by atoms with van der Waals surface area (Å²) in [5.41, 5.74) is 6.54. The van der Waals surface area contributed by atoms with Crippen LogP contribution in [0.25, 0.3) is 0 Å². The molecular weight excluding hydrogens is 246 g/mol. The van der Waals surface area contributed by atoms with Crippen molar-refractivity contribution in [2.24, 2.45) is 11.7 Å². The number of piperidine rings is 2. The van der Waals surface area contributed by atoms with Gasteiger partial charge < -0.3 is 10.6 Å². The van der Waals surface area contributed by atoms with Gasteiger partial charge in [-0.25, -0.2) is 0 Å². The molecule has 2 N–H and O–H groups in total. The lowest BCUT2D eigenvalue weighted by molar-refractivity contribution is -0.0214. The fraction of sp³-hybridized carbons (Fsp3) is 1.00. The van der Waals surface area contributed by atoms with E-state index in [4.69, 9.17) is 5.73 Å². The normalized spacial score (nSPS) is 29.4. The van der Waals surface area contributed by atoms with E-state index in [9.17, 15) is 0 Å². The van der Waals surface area contributed by atoms with E-state index in [0.29, 0.717) is 0 Å². The first kappa shape index (κ1) is 16.3. The second-order valence-electron chi connectivity index (χ2n) is 7.11. The van der Waals surface area contributed by atoms with Crippen molar-refractivity contribution in [1.82, 2.24) is 9.80 Å². The van der Waals surface area contributed by atoms with E-state index < -0.39 is 0 Å². The molecule has 0 spiro atoms. The van der Waals surface area contributed by atoms with Gasteiger partial charge in [0.1, 0.15) is 0 Å². The van der Waals surface area contributed by atoms with Crippen molar-refractivity contribution in [1.29, 1.82) is 0 Å². The van der Waals surface area contributed by atoms with Crippen LogP contribution in [0, 0.1) is 5.92 Å². The third-order valence-corrected chi connectivity index (χ3v) is 5.83. The molecule has 2 aliphatic heterocycles. The minimum atomic E-state index is 0.282. The second kappa shape index (κ2) is 7.24. The SMILES string of the molecule is CCCC(CN)(CCC)N1CCC2C(CCCN2C)C1. The Morgan fingerprint density at radius 2 is 1.80 bits per heavy atom. The summed E-state index contributed by atoms with van der Waals surface area (Å²) in [6.07, 6.45) is 9.18. The highest BCUT2D eigenvalue weighted by Gasteiger charge is 2.41. The maximum Gasteiger partial charge on any atom is 0.0331 e. The molecule has 118 valence electrons. The van der Waals surface area contributed by atoms with Gasteiger partial charge in [0.05, 0.1) is 0 Å². The molecule has 20 heavy (non-hydrogen) atoms. The average Bonchev–Trinajstić information content (AvgIpc) is 2.47. The van der Waals surface area contributed by atoms with Crippen LogP contribution in [-0.2, 0) is 0 Å². The zero-order chi connectivity index (χ0) is 14.6. The lowest BCUT2D eigenvalue weighted by atomic mass is 9.79. The van der Waals surface area contributed by atoms with Crippen molar-refractivity contribution < 1.29 is 0 Å². The first-order chi connectivity index (χ1) is 9.66. The molecule has 3 heteroatoms. The van der Waals surface area contributed by atoms with E-state index in [1.807, 2.05) is 0 Å². The quantitative estimate of drug-likeness (QED) is 0.812. The minimum Gasteiger partial charge on any atom is -0.329 e. The van der Waals surface area contributed by atoms with Crippen LogP contribution in [0.3, 0.4) is 0 Å². The van der Waals surface area contributed by atoms with Gasteiger partial charge in [-0.3, -0.25) is 4.90 Å². The molecule has 3 nitrogen and oxygen atoms in total. The molecule has 0 saturated carbocycles. The third kappa shape index (κ3) is 3.20. The van der Waals surface area contributed by atoms with Gasteiger partial charge >= 0.3 is 0 Å². The van der Waals surface area contributed by atoms with Gasteiger partial charge in [-0.2, -0.15) is 0 Å². The topological polar surface area (TPSA) is 32.5 Å². The number of hydrogen-bond acceptors (Lipinski definition) is 3. The van der Waals surface area contributed by atoms with Crippen LogP contribution in [0.5, 0.6) is 0 Å². The summed E-state index contributed by atoms with van der Waals surface area (Å²) in [4.78, 5) is 5.38. The van der Waals surface area contributed by atoms with Crippen molar-refractivity contribution in [2.45, 2.75) is 70.4 Å². The first-order valence-corrected chi connectivity index (χ1v) is 8.82. The van der Waals surface area contributed by atoms with Gasteiger partial charge in [0, 0.05) is 31.2 Å². The molecule has 2 heterocycles.